The summed E-state index contributed by atoms with van der Waals surface area (Å²) < 4.78 is 1.04. The van der Waals surface area contributed by atoms with Crippen LogP contribution in [0.1, 0.15) is 18.4 Å². The topological polar surface area (TPSA) is 55.8 Å². The van der Waals surface area contributed by atoms with E-state index in [2.05, 4.69) is 37.7 Å². The molecular weight excluding hydrogens is 366 g/mol. The summed E-state index contributed by atoms with van der Waals surface area (Å²) in [6, 6.07) is 11.6. The smallest absolute Gasteiger partial charge is 0.191 e. The molecule has 0 aliphatic carbocycles. The van der Waals surface area contributed by atoms with Crippen LogP contribution in [0.5, 0.6) is 0 Å². The number of rotatable bonds is 2. The van der Waals surface area contributed by atoms with Gasteiger partial charge < -0.3 is 15.6 Å². The minimum Gasteiger partial charge on any atom is -0.630 e. The average Bonchev–Trinajstić information content (AvgIpc) is 2.62. The van der Waals surface area contributed by atoms with Crippen LogP contribution in [0, 0.1) is 17.0 Å². The Bertz CT molecular complexity index is 797. The van der Waals surface area contributed by atoms with Gasteiger partial charge in [0, 0.05) is 35.4 Å². The number of allylic oxidation sites excluding steroid dienone is 1. The Morgan fingerprint density at radius 3 is 2.79 bits per heavy atom. The van der Waals surface area contributed by atoms with Gasteiger partial charge in [-0.25, -0.2) is 4.98 Å². The molecular formula is C19H18BrN3O. The van der Waals surface area contributed by atoms with Gasteiger partial charge in [-0.2, -0.15) is 0 Å². The quantitative estimate of drug-likeness (QED) is 0.640. The number of piperidine rings is 1. The van der Waals surface area contributed by atoms with Crippen LogP contribution in [0.2, 0.25) is 0 Å². The molecule has 0 unspecified atom stereocenters. The van der Waals surface area contributed by atoms with Crippen molar-refractivity contribution in [1.82, 2.24) is 4.98 Å². The van der Waals surface area contributed by atoms with Crippen molar-refractivity contribution in [2.45, 2.75) is 12.8 Å². The van der Waals surface area contributed by atoms with Gasteiger partial charge in [0.15, 0.2) is 11.5 Å². The van der Waals surface area contributed by atoms with E-state index in [1.807, 2.05) is 36.4 Å². The van der Waals surface area contributed by atoms with E-state index in [0.29, 0.717) is 5.69 Å². The molecule has 0 amide bonds. The van der Waals surface area contributed by atoms with Crippen LogP contribution in [-0.2, 0) is 0 Å². The number of benzene rings is 1. The molecule has 1 aromatic heterocycles. The Balaban J connectivity index is 1.63. The number of pyridine rings is 1. The highest BCUT2D eigenvalue weighted by molar-refractivity contribution is 9.10. The lowest BCUT2D eigenvalue weighted by atomic mass is 10.0. The third kappa shape index (κ3) is 4.24. The lowest BCUT2D eigenvalue weighted by Crippen LogP contribution is -2.70. The summed E-state index contributed by atoms with van der Waals surface area (Å²) in [5.74, 6) is 7.10. The van der Waals surface area contributed by atoms with E-state index >= 15 is 0 Å². The summed E-state index contributed by atoms with van der Waals surface area (Å²) in [5.41, 5.74) is 3.87. The molecule has 1 aliphatic rings. The van der Waals surface area contributed by atoms with Gasteiger partial charge in [-0.3, -0.25) is 0 Å². The molecule has 2 aromatic rings. The summed E-state index contributed by atoms with van der Waals surface area (Å²) in [5, 5.41) is 11.1. The Morgan fingerprint density at radius 2 is 2.04 bits per heavy atom. The van der Waals surface area contributed by atoms with Crippen molar-refractivity contribution in [3.8, 4) is 11.8 Å². The Kier molecular flexibility index (Phi) is 5.65. The molecule has 24 heavy (non-hydrogen) atoms. The number of nitrogens with zero attached hydrogens (tertiary/aromatic N) is 2. The van der Waals surface area contributed by atoms with Gasteiger partial charge in [0.05, 0.1) is 0 Å². The van der Waals surface area contributed by atoms with Crippen molar-refractivity contribution in [3.63, 3.8) is 0 Å². The highest BCUT2D eigenvalue weighted by Crippen LogP contribution is 2.24. The number of hydrogen-bond acceptors (Lipinski definition) is 3. The fourth-order valence-electron chi connectivity index (χ4n) is 2.70. The highest BCUT2D eigenvalue weighted by Gasteiger charge is 2.18. The number of halogens is 1. The summed E-state index contributed by atoms with van der Waals surface area (Å²) in [6.45, 7) is 1.73. The van der Waals surface area contributed by atoms with Crippen molar-refractivity contribution in [2.75, 3.05) is 18.0 Å². The minimum absolute atomic E-state index is 0.652. The Labute approximate surface area is 150 Å². The predicted molar refractivity (Wildman–Crippen MR) is 99.7 cm³/mol. The van der Waals surface area contributed by atoms with Gasteiger partial charge >= 0.3 is 0 Å². The number of anilines is 1. The monoisotopic (exact) mass is 383 g/mol. The van der Waals surface area contributed by atoms with Crippen LogP contribution in [-0.4, -0.2) is 18.1 Å². The molecule has 0 atom stereocenters. The molecule has 1 fully saturated rings. The van der Waals surface area contributed by atoms with Crippen LogP contribution >= 0.6 is 15.9 Å². The lowest BCUT2D eigenvalue weighted by Gasteiger charge is -2.29. The second kappa shape index (κ2) is 8.11. The third-order valence-electron chi connectivity index (χ3n) is 3.97. The van der Waals surface area contributed by atoms with Gasteiger partial charge in [-0.05, 0) is 43.2 Å². The summed E-state index contributed by atoms with van der Waals surface area (Å²) in [6.07, 6.45) is 5.65. The maximum atomic E-state index is 11.1. The summed E-state index contributed by atoms with van der Waals surface area (Å²) >= 11 is 3.45. The normalized spacial score (nSPS) is 14.1. The number of quaternary nitrogens is 1. The maximum Gasteiger partial charge on any atom is 0.191 e. The molecule has 0 radical (unpaired) electrons. The van der Waals surface area contributed by atoms with Gasteiger partial charge in [0.1, 0.15) is 0 Å². The van der Waals surface area contributed by atoms with Gasteiger partial charge in [0.2, 0.25) is 0 Å². The zero-order chi connectivity index (χ0) is 16.8. The first kappa shape index (κ1) is 16.7. The van der Waals surface area contributed by atoms with E-state index < -0.39 is 0 Å². The van der Waals surface area contributed by atoms with Crippen LogP contribution < -0.4 is 10.4 Å². The van der Waals surface area contributed by atoms with E-state index in [1.165, 1.54) is 5.57 Å². The van der Waals surface area contributed by atoms with Gasteiger partial charge in [0.25, 0.3) is 0 Å². The fourth-order valence-corrected chi connectivity index (χ4v) is 3.10. The Hall–Kier alpha value is -2.13. The molecule has 0 bridgehead atoms. The molecule has 1 aromatic carbocycles. The van der Waals surface area contributed by atoms with Crippen molar-refractivity contribution >= 4 is 27.4 Å². The number of hydrogen-bond donors (Lipinski definition) is 1. The highest BCUT2D eigenvalue weighted by atomic mass is 79.9. The molecule has 2 heterocycles. The number of nitrogens with two attached hydrogens (primary N) is 1. The minimum atomic E-state index is 0.652. The van der Waals surface area contributed by atoms with Crippen molar-refractivity contribution in [3.05, 3.63) is 69.5 Å². The van der Waals surface area contributed by atoms with Crippen LogP contribution in [0.15, 0.2) is 58.7 Å². The van der Waals surface area contributed by atoms with Crippen LogP contribution in [0.4, 0.5) is 11.5 Å². The molecule has 0 spiro atoms. The van der Waals surface area contributed by atoms with Crippen LogP contribution in [0.25, 0.3) is 0 Å². The lowest BCUT2D eigenvalue weighted by molar-refractivity contribution is -0.496. The van der Waals surface area contributed by atoms with Crippen LogP contribution in [0.3, 0.4) is 0 Å². The maximum absolute atomic E-state index is 11.1. The molecule has 1 aliphatic heterocycles. The zero-order valence-corrected chi connectivity index (χ0v) is 14.8. The molecule has 4 nitrogen and oxygen atoms in total. The molecule has 1 saturated heterocycles. The largest absolute Gasteiger partial charge is 0.630 e. The van der Waals surface area contributed by atoms with Crippen molar-refractivity contribution in [2.24, 2.45) is 0 Å². The molecule has 5 heteroatoms. The molecule has 2 N–H and O–H groups in total. The second-order valence-electron chi connectivity index (χ2n) is 5.60. The fraction of sp³-hybridized carbons (Fsp3) is 0.211. The van der Waals surface area contributed by atoms with E-state index in [9.17, 15) is 5.21 Å². The second-order valence-corrected chi connectivity index (χ2v) is 6.52. The molecule has 0 saturated carbocycles. The first-order valence-corrected chi connectivity index (χ1v) is 8.66. The van der Waals surface area contributed by atoms with E-state index in [-0.39, 0.29) is 0 Å². The molecule has 122 valence electrons. The first-order chi connectivity index (χ1) is 11.8. The SMILES string of the molecule is [O-][NH2+]c1cccnc1N1CCC(=CC#Cc2cccc(Br)c2)CC1. The average molecular weight is 384 g/mol. The van der Waals surface area contributed by atoms with Gasteiger partial charge in [-0.1, -0.05) is 39.4 Å². The number of aromatic nitrogens is 1. The summed E-state index contributed by atoms with van der Waals surface area (Å²) in [4.78, 5) is 6.52. The predicted octanol–water partition coefficient (Wildman–Crippen LogP) is 3.12. The van der Waals surface area contributed by atoms with E-state index in [1.54, 1.807) is 12.3 Å². The third-order valence-corrected chi connectivity index (χ3v) is 4.46. The van der Waals surface area contributed by atoms with Crippen molar-refractivity contribution in [1.29, 1.82) is 0 Å². The standard InChI is InChI=1S/C19H18BrN3O/c20-17-7-2-6-16(14-17)5-1-4-15-9-12-23(13-10-15)19-18(22-24)8-3-11-21-19/h2-4,6-8,11,14H,9-10,12-13,22H2. The zero-order valence-electron chi connectivity index (χ0n) is 13.2. The van der Waals surface area contributed by atoms with Crippen molar-refractivity contribution < 1.29 is 5.48 Å². The Morgan fingerprint density at radius 1 is 1.21 bits per heavy atom. The van der Waals surface area contributed by atoms with Gasteiger partial charge in [-0.15, -0.1) is 0 Å². The summed E-state index contributed by atoms with van der Waals surface area (Å²) in [7, 11) is 0. The molecule has 3 rings (SSSR count). The van der Waals surface area contributed by atoms with E-state index in [4.69, 9.17) is 0 Å². The first-order valence-electron chi connectivity index (χ1n) is 7.86. The van der Waals surface area contributed by atoms with E-state index in [0.717, 1.165) is 47.3 Å².